The first-order chi connectivity index (χ1) is 9.06. The Morgan fingerprint density at radius 1 is 1.42 bits per heavy atom. The number of rotatable bonds is 7. The van der Waals surface area contributed by atoms with E-state index in [1.807, 2.05) is 25.1 Å². The van der Waals surface area contributed by atoms with Crippen molar-refractivity contribution < 1.29 is 19.4 Å². The molecule has 0 saturated carbocycles. The second-order valence-electron chi connectivity index (χ2n) is 4.38. The molecule has 1 aromatic carbocycles. The number of carbonyl (C=O) groups is 1. The fourth-order valence-electron chi connectivity index (χ4n) is 1.77. The number of hydrogen-bond donors (Lipinski definition) is 2. The Bertz CT molecular complexity index is 420. The van der Waals surface area contributed by atoms with Gasteiger partial charge in [0.05, 0.1) is 26.7 Å². The Morgan fingerprint density at radius 3 is 2.79 bits per heavy atom. The van der Waals surface area contributed by atoms with Crippen molar-refractivity contribution >= 4 is 5.97 Å². The van der Waals surface area contributed by atoms with E-state index in [2.05, 4.69) is 10.1 Å². The fourth-order valence-corrected chi connectivity index (χ4v) is 1.77. The van der Waals surface area contributed by atoms with Gasteiger partial charge in [-0.05, 0) is 13.0 Å². The summed E-state index contributed by atoms with van der Waals surface area (Å²) in [7, 11) is 2.93. The summed E-state index contributed by atoms with van der Waals surface area (Å²) in [4.78, 5) is 11.0. The van der Waals surface area contributed by atoms with Gasteiger partial charge in [-0.1, -0.05) is 17.7 Å². The lowest BCUT2D eigenvalue weighted by atomic mass is 10.1. The van der Waals surface area contributed by atoms with Crippen LogP contribution in [0.2, 0.25) is 0 Å². The molecule has 0 aliphatic carbocycles. The van der Waals surface area contributed by atoms with Crippen molar-refractivity contribution in [1.29, 1.82) is 0 Å². The summed E-state index contributed by atoms with van der Waals surface area (Å²) in [6.45, 7) is 2.91. The highest BCUT2D eigenvalue weighted by atomic mass is 16.5. The summed E-state index contributed by atoms with van der Waals surface area (Å²) in [5.74, 6) is 0.392. The predicted octanol–water partition coefficient (Wildman–Crippen LogP) is 1.02. The molecule has 0 heterocycles. The van der Waals surface area contributed by atoms with Gasteiger partial charge in [0.15, 0.2) is 0 Å². The first-order valence-corrected chi connectivity index (χ1v) is 6.16. The van der Waals surface area contributed by atoms with E-state index < -0.39 is 12.1 Å². The number of methoxy groups -OCH3 is 2. The third kappa shape index (κ3) is 5.28. The number of hydrogen-bond acceptors (Lipinski definition) is 5. The maximum atomic E-state index is 11.0. The molecular formula is C14H21NO4. The van der Waals surface area contributed by atoms with E-state index in [9.17, 15) is 9.90 Å². The van der Waals surface area contributed by atoms with Crippen LogP contribution in [0.5, 0.6) is 5.75 Å². The van der Waals surface area contributed by atoms with Crippen molar-refractivity contribution in [2.75, 3.05) is 20.8 Å². The van der Waals surface area contributed by atoms with Gasteiger partial charge < -0.3 is 19.9 Å². The number of nitrogens with one attached hydrogen (secondary N) is 1. The highest BCUT2D eigenvalue weighted by molar-refractivity contribution is 5.69. The molecule has 0 spiro atoms. The molecule has 106 valence electrons. The summed E-state index contributed by atoms with van der Waals surface area (Å²) in [6.07, 6.45) is -0.752. The Morgan fingerprint density at radius 2 is 2.16 bits per heavy atom. The largest absolute Gasteiger partial charge is 0.496 e. The van der Waals surface area contributed by atoms with Crippen LogP contribution in [0.25, 0.3) is 0 Å². The molecule has 0 radical (unpaired) electrons. The van der Waals surface area contributed by atoms with E-state index in [-0.39, 0.29) is 6.42 Å². The third-order valence-corrected chi connectivity index (χ3v) is 2.76. The van der Waals surface area contributed by atoms with Crippen LogP contribution in [0.4, 0.5) is 0 Å². The summed E-state index contributed by atoms with van der Waals surface area (Å²) in [5, 5.41) is 12.7. The number of aliphatic hydroxyl groups is 1. The van der Waals surface area contributed by atoms with Crippen LogP contribution in [0, 0.1) is 6.92 Å². The average Bonchev–Trinajstić information content (AvgIpc) is 2.38. The summed E-state index contributed by atoms with van der Waals surface area (Å²) >= 11 is 0. The number of benzene rings is 1. The Labute approximate surface area is 113 Å². The first kappa shape index (κ1) is 15.5. The quantitative estimate of drug-likeness (QED) is 0.722. The van der Waals surface area contributed by atoms with Gasteiger partial charge in [-0.25, -0.2) is 0 Å². The molecule has 1 rings (SSSR count). The zero-order valence-corrected chi connectivity index (χ0v) is 11.6. The standard InChI is InChI=1S/C14H21NO4/c1-10-4-5-13(18-2)11(6-10)8-15-9-12(16)7-14(17)19-3/h4-6,12,15-16H,7-9H2,1-3H3. The van der Waals surface area contributed by atoms with Gasteiger partial charge in [0, 0.05) is 18.7 Å². The molecule has 0 amide bonds. The summed E-state index contributed by atoms with van der Waals surface area (Å²) < 4.78 is 9.75. The van der Waals surface area contributed by atoms with Gasteiger partial charge in [0.25, 0.3) is 0 Å². The minimum absolute atomic E-state index is 0.00550. The number of aliphatic hydroxyl groups excluding tert-OH is 1. The van der Waals surface area contributed by atoms with Crippen molar-refractivity contribution in [2.45, 2.75) is 26.0 Å². The van der Waals surface area contributed by atoms with Gasteiger partial charge in [-0.3, -0.25) is 4.79 Å². The number of ether oxygens (including phenoxy) is 2. The van der Waals surface area contributed by atoms with E-state index in [1.54, 1.807) is 7.11 Å². The molecule has 0 aliphatic heterocycles. The van der Waals surface area contributed by atoms with Crippen LogP contribution in [0.3, 0.4) is 0 Å². The molecule has 1 unspecified atom stereocenters. The number of esters is 1. The zero-order chi connectivity index (χ0) is 14.3. The maximum absolute atomic E-state index is 11.0. The van der Waals surface area contributed by atoms with Crippen molar-refractivity contribution in [1.82, 2.24) is 5.32 Å². The molecule has 0 aromatic heterocycles. The van der Waals surface area contributed by atoms with Crippen molar-refractivity contribution in [3.63, 3.8) is 0 Å². The molecule has 19 heavy (non-hydrogen) atoms. The van der Waals surface area contributed by atoms with E-state index in [1.165, 1.54) is 7.11 Å². The molecule has 5 nitrogen and oxygen atoms in total. The second kappa shape index (κ2) is 7.76. The maximum Gasteiger partial charge on any atom is 0.308 e. The molecular weight excluding hydrogens is 246 g/mol. The topological polar surface area (TPSA) is 67.8 Å². The highest BCUT2D eigenvalue weighted by Crippen LogP contribution is 2.19. The monoisotopic (exact) mass is 267 g/mol. The molecule has 1 atom stereocenters. The van der Waals surface area contributed by atoms with E-state index >= 15 is 0 Å². The van der Waals surface area contributed by atoms with Crippen molar-refractivity contribution in [2.24, 2.45) is 0 Å². The van der Waals surface area contributed by atoms with E-state index in [0.29, 0.717) is 13.1 Å². The predicted molar refractivity (Wildman–Crippen MR) is 72.1 cm³/mol. The average molecular weight is 267 g/mol. The molecule has 2 N–H and O–H groups in total. The first-order valence-electron chi connectivity index (χ1n) is 6.16. The van der Waals surface area contributed by atoms with Crippen molar-refractivity contribution in [3.05, 3.63) is 29.3 Å². The highest BCUT2D eigenvalue weighted by Gasteiger charge is 2.11. The van der Waals surface area contributed by atoms with Crippen LogP contribution in [0.15, 0.2) is 18.2 Å². The lowest BCUT2D eigenvalue weighted by Crippen LogP contribution is -2.28. The Hall–Kier alpha value is -1.59. The van der Waals surface area contributed by atoms with Crippen LogP contribution >= 0.6 is 0 Å². The van der Waals surface area contributed by atoms with Gasteiger partial charge in [-0.15, -0.1) is 0 Å². The van der Waals surface area contributed by atoms with Crippen LogP contribution in [-0.4, -0.2) is 37.9 Å². The van der Waals surface area contributed by atoms with Gasteiger partial charge in [-0.2, -0.15) is 0 Å². The van der Waals surface area contributed by atoms with E-state index in [0.717, 1.165) is 16.9 Å². The Balaban J connectivity index is 2.44. The fraction of sp³-hybridized carbons (Fsp3) is 0.500. The molecule has 1 aromatic rings. The zero-order valence-electron chi connectivity index (χ0n) is 11.6. The molecule has 5 heteroatoms. The lowest BCUT2D eigenvalue weighted by molar-refractivity contribution is -0.142. The second-order valence-corrected chi connectivity index (χ2v) is 4.38. The van der Waals surface area contributed by atoms with Crippen LogP contribution in [0.1, 0.15) is 17.5 Å². The molecule has 0 aliphatic rings. The molecule has 0 fully saturated rings. The van der Waals surface area contributed by atoms with Crippen molar-refractivity contribution in [3.8, 4) is 5.75 Å². The van der Waals surface area contributed by atoms with Gasteiger partial charge in [0.1, 0.15) is 5.75 Å². The number of carbonyl (C=O) groups excluding carboxylic acids is 1. The lowest BCUT2D eigenvalue weighted by Gasteiger charge is -2.13. The smallest absolute Gasteiger partial charge is 0.308 e. The minimum atomic E-state index is -0.747. The summed E-state index contributed by atoms with van der Waals surface area (Å²) in [5.41, 5.74) is 2.17. The molecule has 0 saturated heterocycles. The Kier molecular flexibility index (Phi) is 6.32. The van der Waals surface area contributed by atoms with Crippen LogP contribution < -0.4 is 10.1 Å². The minimum Gasteiger partial charge on any atom is -0.496 e. The number of aryl methyl sites for hydroxylation is 1. The molecule has 0 bridgehead atoms. The van der Waals surface area contributed by atoms with Crippen LogP contribution in [-0.2, 0) is 16.1 Å². The van der Waals surface area contributed by atoms with E-state index in [4.69, 9.17) is 4.74 Å². The summed E-state index contributed by atoms with van der Waals surface area (Å²) in [6, 6.07) is 5.92. The van der Waals surface area contributed by atoms with Gasteiger partial charge >= 0.3 is 5.97 Å². The normalized spacial score (nSPS) is 12.0. The van der Waals surface area contributed by atoms with Gasteiger partial charge in [0.2, 0.25) is 0 Å². The third-order valence-electron chi connectivity index (χ3n) is 2.76. The SMILES string of the molecule is COC(=O)CC(O)CNCc1cc(C)ccc1OC.